The van der Waals surface area contributed by atoms with Crippen LogP contribution in [-0.2, 0) is 61.9 Å². The standard InChI is InChI=1S/C15H18O7.C10H12O5.C5H8O3/c1-2-11(16)19-5-6-20-12(17)8-14-7-10-3-4-15(14,22-10)9-21-13(14)18;11-7(12)4-9-3-6-1-2-10(9,15-6)5-14-8(9)13;1-2-5(7)8-4-3-6/h2,10H,1,3-9H2;6H,1-5H2,(H,11,12);2,6H,1,3-4H2. The third-order valence-corrected chi connectivity index (χ3v) is 9.23. The Morgan fingerprint density at radius 3 is 1.69 bits per heavy atom. The van der Waals surface area contributed by atoms with Crippen molar-refractivity contribution in [2.24, 2.45) is 10.8 Å². The van der Waals surface area contributed by atoms with E-state index in [0.717, 1.165) is 37.8 Å². The molecule has 0 aliphatic carbocycles. The van der Waals surface area contributed by atoms with Crippen LogP contribution in [0.3, 0.4) is 0 Å². The average Bonchev–Trinajstić information content (AvgIpc) is 3.84. The van der Waals surface area contributed by atoms with Crippen molar-refractivity contribution in [2.45, 2.75) is 74.8 Å². The average molecular weight is 639 g/mol. The largest absolute Gasteiger partial charge is 0.481 e. The SMILES string of the molecule is C=CC(=O)OCCO.C=CC(=O)OCCOC(=O)CC12CC3CCC1(COC2=O)O3.O=C(O)CC12CC3CCC1(COC2=O)O3. The van der Waals surface area contributed by atoms with E-state index in [1.54, 1.807) is 0 Å². The zero-order valence-electron chi connectivity index (χ0n) is 24.8. The van der Waals surface area contributed by atoms with Crippen LogP contribution in [0.5, 0.6) is 0 Å². The Hall–Kier alpha value is -3.82. The molecule has 0 aromatic rings. The summed E-state index contributed by atoms with van der Waals surface area (Å²) < 4.78 is 35.9. The lowest BCUT2D eigenvalue weighted by molar-refractivity contribution is -0.158. The van der Waals surface area contributed by atoms with Gasteiger partial charge >= 0.3 is 35.8 Å². The van der Waals surface area contributed by atoms with Crippen molar-refractivity contribution in [1.29, 1.82) is 0 Å². The number of cyclic esters (lactones) is 2. The molecule has 0 amide bonds. The Bertz CT molecular complexity index is 1230. The number of aliphatic hydroxyl groups excluding tert-OH is 1. The molecule has 0 aromatic carbocycles. The van der Waals surface area contributed by atoms with Crippen LogP contribution >= 0.6 is 0 Å². The lowest BCUT2D eigenvalue weighted by atomic mass is 9.65. The van der Waals surface area contributed by atoms with Crippen molar-refractivity contribution in [3.63, 3.8) is 0 Å². The van der Waals surface area contributed by atoms with Gasteiger partial charge in [0.2, 0.25) is 0 Å². The molecule has 6 saturated heterocycles. The smallest absolute Gasteiger partial charge is 0.330 e. The van der Waals surface area contributed by atoms with Gasteiger partial charge in [-0.15, -0.1) is 0 Å². The lowest BCUT2D eigenvalue weighted by Crippen LogP contribution is -2.47. The summed E-state index contributed by atoms with van der Waals surface area (Å²) in [5.74, 6) is -3.29. The van der Waals surface area contributed by atoms with Crippen molar-refractivity contribution in [3.8, 4) is 0 Å². The predicted molar refractivity (Wildman–Crippen MR) is 147 cm³/mol. The first kappa shape index (κ1) is 34.1. The minimum Gasteiger partial charge on any atom is -0.481 e. The fraction of sp³-hybridized carbons (Fsp3) is 0.667. The molecule has 248 valence electrons. The van der Waals surface area contributed by atoms with Crippen molar-refractivity contribution >= 4 is 35.8 Å². The van der Waals surface area contributed by atoms with E-state index in [-0.39, 0.29) is 76.6 Å². The van der Waals surface area contributed by atoms with Crippen LogP contribution in [0.15, 0.2) is 25.3 Å². The van der Waals surface area contributed by atoms with Crippen LogP contribution in [0, 0.1) is 10.8 Å². The van der Waals surface area contributed by atoms with Gasteiger partial charge in [-0.2, -0.15) is 0 Å². The maximum atomic E-state index is 12.2. The van der Waals surface area contributed by atoms with E-state index < -0.39 is 45.9 Å². The first-order valence-electron chi connectivity index (χ1n) is 14.7. The van der Waals surface area contributed by atoms with Crippen molar-refractivity contribution in [3.05, 3.63) is 25.3 Å². The van der Waals surface area contributed by atoms with Gasteiger partial charge in [-0.25, -0.2) is 9.59 Å². The molecular formula is C30H38O15. The monoisotopic (exact) mass is 638 g/mol. The summed E-state index contributed by atoms with van der Waals surface area (Å²) in [6.45, 7) is 6.67. The molecule has 6 atom stereocenters. The summed E-state index contributed by atoms with van der Waals surface area (Å²) in [5.41, 5.74) is -3.11. The Balaban J connectivity index is 0.000000173. The molecule has 0 radical (unpaired) electrons. The quantitative estimate of drug-likeness (QED) is 0.137. The van der Waals surface area contributed by atoms with Crippen LogP contribution in [0.1, 0.15) is 51.4 Å². The maximum Gasteiger partial charge on any atom is 0.330 e. The van der Waals surface area contributed by atoms with Gasteiger partial charge in [0.25, 0.3) is 0 Å². The van der Waals surface area contributed by atoms with E-state index in [0.29, 0.717) is 12.8 Å². The summed E-state index contributed by atoms with van der Waals surface area (Å²) in [4.78, 5) is 67.7. The Morgan fingerprint density at radius 1 is 0.778 bits per heavy atom. The second-order valence-corrected chi connectivity index (χ2v) is 11.7. The number of carbonyl (C=O) groups is 6. The molecule has 6 unspecified atom stereocenters. The second-order valence-electron chi connectivity index (χ2n) is 11.7. The molecule has 6 heterocycles. The molecule has 6 aliphatic heterocycles. The summed E-state index contributed by atoms with van der Waals surface area (Å²) >= 11 is 0. The zero-order valence-corrected chi connectivity index (χ0v) is 24.8. The molecule has 0 saturated carbocycles. The van der Waals surface area contributed by atoms with Crippen molar-refractivity contribution in [1.82, 2.24) is 0 Å². The molecule has 2 spiro atoms. The van der Waals surface area contributed by atoms with E-state index in [1.807, 2.05) is 0 Å². The number of aliphatic carboxylic acids is 1. The number of aliphatic hydroxyl groups is 1. The van der Waals surface area contributed by atoms with E-state index in [2.05, 4.69) is 17.9 Å². The van der Waals surface area contributed by atoms with Crippen LogP contribution in [-0.4, -0.2) is 109 Å². The fourth-order valence-corrected chi connectivity index (χ4v) is 7.20. The number of hydrogen-bond acceptors (Lipinski definition) is 14. The van der Waals surface area contributed by atoms with Gasteiger partial charge in [0, 0.05) is 12.2 Å². The number of fused-ring (bicyclic) bond motifs is 2. The number of carboxylic acids is 1. The number of carbonyl (C=O) groups excluding carboxylic acids is 5. The van der Waals surface area contributed by atoms with Gasteiger partial charge in [0.05, 0.1) is 31.7 Å². The number of ether oxygens (including phenoxy) is 7. The molecule has 6 aliphatic rings. The molecule has 45 heavy (non-hydrogen) atoms. The van der Waals surface area contributed by atoms with Gasteiger partial charge in [-0.1, -0.05) is 13.2 Å². The van der Waals surface area contributed by atoms with Gasteiger partial charge in [0.1, 0.15) is 55.1 Å². The maximum absolute atomic E-state index is 12.2. The van der Waals surface area contributed by atoms with E-state index >= 15 is 0 Å². The molecule has 2 N–H and O–H groups in total. The molecule has 6 fully saturated rings. The Labute approximate surface area is 258 Å². The molecule has 4 bridgehead atoms. The van der Waals surface area contributed by atoms with Crippen molar-refractivity contribution in [2.75, 3.05) is 39.6 Å². The summed E-state index contributed by atoms with van der Waals surface area (Å²) in [6, 6.07) is 0. The molecule has 15 nitrogen and oxygen atoms in total. The highest BCUT2D eigenvalue weighted by molar-refractivity contribution is 5.88. The normalized spacial score (nSPS) is 34.1. The number of esters is 5. The minimum atomic E-state index is -0.954. The van der Waals surface area contributed by atoms with E-state index in [4.69, 9.17) is 38.6 Å². The Kier molecular flexibility index (Phi) is 10.3. The summed E-state index contributed by atoms with van der Waals surface area (Å²) in [6.07, 6.45) is 6.24. The lowest BCUT2D eigenvalue weighted by Gasteiger charge is -2.33. The first-order chi connectivity index (χ1) is 21.4. The summed E-state index contributed by atoms with van der Waals surface area (Å²) in [7, 11) is 0. The highest BCUT2D eigenvalue weighted by atomic mass is 16.6. The topological polar surface area (TPSA) is 207 Å². The number of rotatable bonds is 11. The third-order valence-electron chi connectivity index (χ3n) is 9.23. The molecule has 15 heteroatoms. The van der Waals surface area contributed by atoms with Crippen LogP contribution in [0.25, 0.3) is 0 Å². The third kappa shape index (κ3) is 6.47. The number of hydrogen-bond donors (Lipinski definition) is 2. The van der Waals surface area contributed by atoms with Gasteiger partial charge in [-0.05, 0) is 38.5 Å². The fourth-order valence-electron chi connectivity index (χ4n) is 7.20. The van der Waals surface area contributed by atoms with Gasteiger partial charge < -0.3 is 43.4 Å². The number of carboxylic acid groups (broad SMARTS) is 1. The van der Waals surface area contributed by atoms with E-state index in [9.17, 15) is 28.8 Å². The summed E-state index contributed by atoms with van der Waals surface area (Å²) in [5, 5.41) is 17.0. The highest BCUT2D eigenvalue weighted by Gasteiger charge is 2.73. The van der Waals surface area contributed by atoms with Crippen LogP contribution < -0.4 is 0 Å². The zero-order chi connectivity index (χ0) is 32.9. The molecule has 6 rings (SSSR count). The first-order valence-corrected chi connectivity index (χ1v) is 14.7. The highest BCUT2D eigenvalue weighted by Crippen LogP contribution is 2.62. The Morgan fingerprint density at radius 2 is 1.24 bits per heavy atom. The second kappa shape index (κ2) is 13.7. The minimum absolute atomic E-state index is 0.0224. The van der Waals surface area contributed by atoms with Crippen LogP contribution in [0.4, 0.5) is 0 Å². The van der Waals surface area contributed by atoms with Crippen molar-refractivity contribution < 1.29 is 72.1 Å². The molecule has 0 aromatic heterocycles. The van der Waals surface area contributed by atoms with Gasteiger partial charge in [0.15, 0.2) is 0 Å². The van der Waals surface area contributed by atoms with Crippen LogP contribution in [0.2, 0.25) is 0 Å². The van der Waals surface area contributed by atoms with Gasteiger partial charge in [-0.3, -0.25) is 19.2 Å². The predicted octanol–water partition coefficient (Wildman–Crippen LogP) is 0.547. The van der Waals surface area contributed by atoms with E-state index in [1.165, 1.54) is 0 Å². The molecular weight excluding hydrogens is 600 g/mol.